The van der Waals surface area contributed by atoms with Crippen LogP contribution in [0.15, 0.2) is 36.5 Å². The maximum atomic E-state index is 11.2. The van der Waals surface area contributed by atoms with Gasteiger partial charge in [0.1, 0.15) is 0 Å². The highest BCUT2D eigenvalue weighted by molar-refractivity contribution is 7.86. The SMILES string of the molecule is CC/C=C\C/C=C\C/C=C\CCCCCCCC(=O)OS(C)(=O)=O. The summed E-state index contributed by atoms with van der Waals surface area (Å²) in [5.41, 5.74) is 0. The van der Waals surface area contributed by atoms with Crippen LogP contribution in [0.1, 0.15) is 71.1 Å². The summed E-state index contributed by atoms with van der Waals surface area (Å²) in [6, 6.07) is 0. The Kier molecular flexibility index (Phi) is 14.3. The lowest BCUT2D eigenvalue weighted by molar-refractivity contribution is -0.133. The molecular weight excluding hydrogens is 324 g/mol. The Morgan fingerprint density at radius 2 is 1.38 bits per heavy atom. The van der Waals surface area contributed by atoms with Gasteiger partial charge in [0.05, 0.1) is 6.26 Å². The molecule has 0 aromatic rings. The molecular formula is C19H32O4S. The number of allylic oxidation sites excluding steroid dienone is 6. The average molecular weight is 357 g/mol. The first-order chi connectivity index (χ1) is 11.5. The Hall–Kier alpha value is -1.36. The second-order valence-electron chi connectivity index (χ2n) is 5.76. The molecule has 0 saturated heterocycles. The van der Waals surface area contributed by atoms with Gasteiger partial charge in [-0.25, -0.2) is 0 Å². The zero-order chi connectivity index (χ0) is 18.1. The molecule has 0 aliphatic carbocycles. The van der Waals surface area contributed by atoms with Crippen LogP contribution < -0.4 is 0 Å². The smallest absolute Gasteiger partial charge is 0.322 e. The summed E-state index contributed by atoms with van der Waals surface area (Å²) in [5.74, 6) is -0.654. The van der Waals surface area contributed by atoms with Gasteiger partial charge in [0.2, 0.25) is 0 Å². The maximum absolute atomic E-state index is 11.2. The highest BCUT2D eigenvalue weighted by atomic mass is 32.2. The van der Waals surface area contributed by atoms with E-state index in [1.54, 1.807) is 0 Å². The molecule has 0 amide bonds. The molecule has 0 rings (SSSR count). The zero-order valence-corrected chi connectivity index (χ0v) is 15.9. The fourth-order valence-electron chi connectivity index (χ4n) is 2.10. The van der Waals surface area contributed by atoms with E-state index in [0.29, 0.717) is 6.42 Å². The molecule has 138 valence electrons. The molecule has 0 aliphatic heterocycles. The molecule has 0 unspecified atom stereocenters. The van der Waals surface area contributed by atoms with Gasteiger partial charge in [-0.3, -0.25) is 4.79 Å². The zero-order valence-electron chi connectivity index (χ0n) is 15.1. The van der Waals surface area contributed by atoms with Gasteiger partial charge >= 0.3 is 16.1 Å². The molecule has 4 nitrogen and oxygen atoms in total. The van der Waals surface area contributed by atoms with Crippen LogP contribution in [-0.2, 0) is 19.1 Å². The highest BCUT2D eigenvalue weighted by Crippen LogP contribution is 2.09. The number of rotatable bonds is 14. The van der Waals surface area contributed by atoms with E-state index in [1.807, 2.05) is 0 Å². The van der Waals surface area contributed by atoms with E-state index in [-0.39, 0.29) is 6.42 Å². The highest BCUT2D eigenvalue weighted by Gasteiger charge is 2.09. The van der Waals surface area contributed by atoms with Gasteiger partial charge in [-0.2, -0.15) is 8.42 Å². The van der Waals surface area contributed by atoms with Crippen molar-refractivity contribution in [2.75, 3.05) is 6.26 Å². The van der Waals surface area contributed by atoms with E-state index >= 15 is 0 Å². The molecule has 0 N–H and O–H groups in total. The lowest BCUT2D eigenvalue weighted by Gasteiger charge is -2.01. The first kappa shape index (κ1) is 22.6. The molecule has 0 heterocycles. The molecule has 0 aromatic heterocycles. The lowest BCUT2D eigenvalue weighted by Crippen LogP contribution is -2.10. The second kappa shape index (κ2) is 15.2. The van der Waals surface area contributed by atoms with Gasteiger partial charge in [0.25, 0.3) is 0 Å². The van der Waals surface area contributed by atoms with Crippen molar-refractivity contribution in [3.05, 3.63) is 36.5 Å². The van der Waals surface area contributed by atoms with Crippen LogP contribution in [0.3, 0.4) is 0 Å². The Morgan fingerprint density at radius 1 is 0.833 bits per heavy atom. The average Bonchev–Trinajstić information content (AvgIpc) is 2.49. The van der Waals surface area contributed by atoms with Crippen LogP contribution in [0.5, 0.6) is 0 Å². The molecule has 0 atom stereocenters. The Balaban J connectivity index is 3.40. The Morgan fingerprint density at radius 3 is 2.00 bits per heavy atom. The quantitative estimate of drug-likeness (QED) is 0.247. The van der Waals surface area contributed by atoms with E-state index < -0.39 is 16.1 Å². The molecule has 0 radical (unpaired) electrons. The van der Waals surface area contributed by atoms with Crippen molar-refractivity contribution in [3.8, 4) is 0 Å². The Labute approximate surface area is 147 Å². The van der Waals surface area contributed by atoms with E-state index in [9.17, 15) is 13.2 Å². The fraction of sp³-hybridized carbons (Fsp3) is 0.632. The van der Waals surface area contributed by atoms with Crippen molar-refractivity contribution in [1.29, 1.82) is 0 Å². The van der Waals surface area contributed by atoms with Crippen LogP contribution in [-0.4, -0.2) is 20.6 Å². The van der Waals surface area contributed by atoms with Crippen LogP contribution in [0.25, 0.3) is 0 Å². The molecule has 0 saturated carbocycles. The van der Waals surface area contributed by atoms with Crippen molar-refractivity contribution in [2.45, 2.75) is 71.1 Å². The standard InChI is InChI=1S/C19H32O4S/c1-3-4-5-6-7-8-9-10-11-12-13-14-15-16-17-18-19(20)23-24(2,21)22/h4-5,7-8,10-11H,3,6,9,12-18H2,1-2H3/b5-4-,8-7-,11-10-. The molecule has 5 heteroatoms. The minimum absolute atomic E-state index is 0.173. The number of unbranched alkanes of at least 4 members (excludes halogenated alkanes) is 5. The van der Waals surface area contributed by atoms with Crippen molar-refractivity contribution in [1.82, 2.24) is 0 Å². The third-order valence-electron chi connectivity index (χ3n) is 3.28. The number of carbonyl (C=O) groups excluding carboxylic acids is 1. The summed E-state index contributed by atoms with van der Waals surface area (Å²) in [5, 5.41) is 0. The number of carbonyl (C=O) groups is 1. The minimum atomic E-state index is -3.66. The van der Waals surface area contributed by atoms with Gasteiger partial charge < -0.3 is 4.18 Å². The Bertz CT molecular complexity index is 501. The van der Waals surface area contributed by atoms with Gasteiger partial charge in [-0.05, 0) is 38.5 Å². The van der Waals surface area contributed by atoms with Crippen LogP contribution in [0.2, 0.25) is 0 Å². The van der Waals surface area contributed by atoms with Gasteiger partial charge in [-0.1, -0.05) is 62.6 Å². The second-order valence-corrected chi connectivity index (χ2v) is 7.33. The van der Waals surface area contributed by atoms with Gasteiger partial charge in [0.15, 0.2) is 0 Å². The molecule has 0 aliphatic rings. The van der Waals surface area contributed by atoms with Crippen LogP contribution in [0, 0.1) is 0 Å². The summed E-state index contributed by atoms with van der Waals surface area (Å²) in [4.78, 5) is 11.2. The van der Waals surface area contributed by atoms with E-state index in [1.165, 1.54) is 0 Å². The number of hydrogen-bond donors (Lipinski definition) is 0. The maximum Gasteiger partial charge on any atom is 0.322 e. The number of hydrogen-bond acceptors (Lipinski definition) is 4. The normalized spacial score (nSPS) is 12.6. The monoisotopic (exact) mass is 356 g/mol. The molecule has 24 heavy (non-hydrogen) atoms. The predicted octanol–water partition coefficient (Wildman–Crippen LogP) is 5.08. The summed E-state index contributed by atoms with van der Waals surface area (Å²) < 4.78 is 25.8. The van der Waals surface area contributed by atoms with E-state index in [4.69, 9.17) is 0 Å². The first-order valence-electron chi connectivity index (χ1n) is 8.83. The van der Waals surface area contributed by atoms with E-state index in [2.05, 4.69) is 47.6 Å². The summed E-state index contributed by atoms with van der Waals surface area (Å²) in [7, 11) is -3.66. The fourth-order valence-corrected chi connectivity index (χ4v) is 2.52. The lowest BCUT2D eigenvalue weighted by atomic mass is 10.1. The van der Waals surface area contributed by atoms with Crippen molar-refractivity contribution in [3.63, 3.8) is 0 Å². The summed E-state index contributed by atoms with van der Waals surface area (Å²) in [6.07, 6.45) is 23.3. The largest absolute Gasteiger partial charge is 0.346 e. The van der Waals surface area contributed by atoms with E-state index in [0.717, 1.165) is 57.6 Å². The van der Waals surface area contributed by atoms with Crippen molar-refractivity contribution < 1.29 is 17.4 Å². The van der Waals surface area contributed by atoms with Gasteiger partial charge in [-0.15, -0.1) is 0 Å². The first-order valence-corrected chi connectivity index (χ1v) is 10.6. The molecule has 0 fully saturated rings. The molecule has 0 aromatic carbocycles. The third kappa shape index (κ3) is 18.7. The van der Waals surface area contributed by atoms with Crippen LogP contribution in [0.4, 0.5) is 0 Å². The summed E-state index contributed by atoms with van der Waals surface area (Å²) in [6.45, 7) is 2.13. The predicted molar refractivity (Wildman–Crippen MR) is 100 cm³/mol. The third-order valence-corrected chi connectivity index (χ3v) is 3.76. The van der Waals surface area contributed by atoms with Crippen LogP contribution >= 0.6 is 0 Å². The minimum Gasteiger partial charge on any atom is -0.346 e. The van der Waals surface area contributed by atoms with Crippen molar-refractivity contribution in [2.24, 2.45) is 0 Å². The van der Waals surface area contributed by atoms with Crippen molar-refractivity contribution >= 4 is 16.1 Å². The molecule has 0 bridgehead atoms. The summed E-state index contributed by atoms with van der Waals surface area (Å²) >= 11 is 0. The topological polar surface area (TPSA) is 60.4 Å². The van der Waals surface area contributed by atoms with Gasteiger partial charge in [0, 0.05) is 6.42 Å². The molecule has 0 spiro atoms.